The lowest BCUT2D eigenvalue weighted by atomic mass is 10.2. The van der Waals surface area contributed by atoms with Gasteiger partial charge in [0.15, 0.2) is 0 Å². The van der Waals surface area contributed by atoms with Gasteiger partial charge < -0.3 is 4.74 Å². The second-order valence-corrected chi connectivity index (χ2v) is 6.23. The van der Waals surface area contributed by atoms with Crippen LogP contribution in [0.5, 0.6) is 5.75 Å². The van der Waals surface area contributed by atoms with Crippen molar-refractivity contribution in [3.05, 3.63) is 72.1 Å². The Morgan fingerprint density at radius 2 is 1.78 bits per heavy atom. The number of ether oxygens (including phenoxy) is 1. The van der Waals surface area contributed by atoms with E-state index < -0.39 is 0 Å². The van der Waals surface area contributed by atoms with E-state index in [0.717, 1.165) is 32.9 Å². The lowest BCUT2D eigenvalue weighted by Gasteiger charge is -2.05. The van der Waals surface area contributed by atoms with Gasteiger partial charge in [0.25, 0.3) is 0 Å². The van der Waals surface area contributed by atoms with Crippen LogP contribution in [0.3, 0.4) is 0 Å². The number of para-hydroxylation sites is 1. The quantitative estimate of drug-likeness (QED) is 0.505. The number of rotatable bonds is 2. The van der Waals surface area contributed by atoms with Crippen LogP contribution >= 0.6 is 11.3 Å². The fraction of sp³-hybridized carbons (Fsp3) is 0.0526. The van der Waals surface area contributed by atoms with Gasteiger partial charge in [0, 0.05) is 0 Å². The standard InChI is InChI=1S/C19H14N2OS/c1-22-15-9-6-13(7-10-15)20-14-8-11-17-19(12-14)23-18-5-3-2-4-16(18)21-17/h2-12H,1H3. The van der Waals surface area contributed by atoms with Gasteiger partial charge in [-0.15, -0.1) is 11.3 Å². The minimum absolute atomic E-state index is 0.834. The Labute approximate surface area is 137 Å². The number of hydrogen-bond donors (Lipinski definition) is 0. The summed E-state index contributed by atoms with van der Waals surface area (Å²) in [6.07, 6.45) is 0. The fourth-order valence-corrected chi connectivity index (χ4v) is 3.44. The summed E-state index contributed by atoms with van der Waals surface area (Å²) in [6.45, 7) is 0. The van der Waals surface area contributed by atoms with Crippen molar-refractivity contribution in [2.75, 3.05) is 7.11 Å². The van der Waals surface area contributed by atoms with Crippen molar-refractivity contribution in [1.29, 1.82) is 0 Å². The van der Waals surface area contributed by atoms with Crippen LogP contribution in [0.2, 0.25) is 0 Å². The van der Waals surface area contributed by atoms with Crippen molar-refractivity contribution < 1.29 is 4.74 Å². The molecule has 0 spiro atoms. The van der Waals surface area contributed by atoms with E-state index in [1.54, 1.807) is 18.4 Å². The van der Waals surface area contributed by atoms with Gasteiger partial charge in [-0.2, -0.15) is 0 Å². The molecule has 23 heavy (non-hydrogen) atoms. The van der Waals surface area contributed by atoms with Crippen LogP contribution in [-0.2, 0) is 0 Å². The third-order valence-electron chi connectivity index (χ3n) is 3.60. The minimum atomic E-state index is 0.834. The molecule has 4 rings (SSSR count). The second-order valence-electron chi connectivity index (χ2n) is 5.14. The normalized spacial score (nSPS) is 12.0. The van der Waals surface area contributed by atoms with Gasteiger partial charge in [-0.3, -0.25) is 0 Å². The summed E-state index contributed by atoms with van der Waals surface area (Å²) in [5.74, 6) is 0.834. The van der Waals surface area contributed by atoms with E-state index in [4.69, 9.17) is 9.72 Å². The maximum Gasteiger partial charge on any atom is 0.119 e. The molecule has 3 nitrogen and oxygen atoms in total. The largest absolute Gasteiger partial charge is 0.497 e. The summed E-state index contributed by atoms with van der Waals surface area (Å²) in [4.78, 5) is 10.5. The van der Waals surface area contributed by atoms with Gasteiger partial charge in [-0.25, -0.2) is 9.98 Å². The highest BCUT2D eigenvalue weighted by atomic mass is 32.1. The number of methoxy groups -OCH3 is 1. The molecule has 0 amide bonds. The summed E-state index contributed by atoms with van der Waals surface area (Å²) in [6, 6.07) is 22.0. The van der Waals surface area contributed by atoms with E-state index in [9.17, 15) is 0 Å². The Morgan fingerprint density at radius 3 is 2.61 bits per heavy atom. The van der Waals surface area contributed by atoms with Crippen LogP contribution in [0.4, 0.5) is 5.69 Å². The summed E-state index contributed by atoms with van der Waals surface area (Å²) in [7, 11) is 1.66. The highest BCUT2D eigenvalue weighted by Crippen LogP contribution is 2.29. The van der Waals surface area contributed by atoms with Gasteiger partial charge >= 0.3 is 0 Å². The van der Waals surface area contributed by atoms with Gasteiger partial charge in [0.2, 0.25) is 0 Å². The summed E-state index contributed by atoms with van der Waals surface area (Å²) in [5, 5.41) is 0.927. The summed E-state index contributed by atoms with van der Waals surface area (Å²) < 4.78 is 6.35. The minimum Gasteiger partial charge on any atom is -0.497 e. The molecule has 2 aromatic carbocycles. The molecule has 112 valence electrons. The third kappa shape index (κ3) is 2.81. The van der Waals surface area contributed by atoms with Crippen molar-refractivity contribution in [1.82, 2.24) is 4.98 Å². The predicted octanol–water partition coefficient (Wildman–Crippen LogP) is 4.64. The average molecular weight is 318 g/mol. The predicted molar refractivity (Wildman–Crippen MR) is 94.5 cm³/mol. The molecule has 0 N–H and O–H groups in total. The molecule has 0 bridgehead atoms. The maximum absolute atomic E-state index is 5.17. The molecule has 0 radical (unpaired) electrons. The van der Waals surface area contributed by atoms with Crippen LogP contribution in [0.25, 0.3) is 20.8 Å². The number of nitrogens with zero attached hydrogens (tertiary/aromatic N) is 2. The zero-order valence-corrected chi connectivity index (χ0v) is 13.4. The zero-order valence-electron chi connectivity index (χ0n) is 12.6. The van der Waals surface area contributed by atoms with Crippen molar-refractivity contribution >= 4 is 27.2 Å². The van der Waals surface area contributed by atoms with Crippen LogP contribution in [0.1, 0.15) is 0 Å². The molecule has 0 unspecified atom stereocenters. The maximum atomic E-state index is 5.17. The molecule has 2 aliphatic rings. The van der Waals surface area contributed by atoms with Gasteiger partial charge in [-0.1, -0.05) is 12.1 Å². The van der Waals surface area contributed by atoms with E-state index in [1.807, 2.05) is 54.6 Å². The van der Waals surface area contributed by atoms with Crippen molar-refractivity contribution in [3.8, 4) is 16.3 Å². The summed E-state index contributed by atoms with van der Waals surface area (Å²) in [5.41, 5.74) is 2.94. The molecule has 1 aliphatic heterocycles. The first-order valence-corrected chi connectivity index (χ1v) is 8.12. The lowest BCUT2D eigenvalue weighted by molar-refractivity contribution is 0.415. The molecule has 0 saturated heterocycles. The Hall–Kier alpha value is -2.72. The first kappa shape index (κ1) is 13.9. The van der Waals surface area contributed by atoms with E-state index in [0.29, 0.717) is 0 Å². The van der Waals surface area contributed by atoms with Crippen LogP contribution in [-0.4, -0.2) is 12.1 Å². The molecular formula is C19H14N2OS. The monoisotopic (exact) mass is 318 g/mol. The van der Waals surface area contributed by atoms with E-state index >= 15 is 0 Å². The molecular weight excluding hydrogens is 304 g/mol. The second kappa shape index (κ2) is 5.82. The Bertz CT molecular complexity index is 1010. The third-order valence-corrected chi connectivity index (χ3v) is 4.71. The van der Waals surface area contributed by atoms with Crippen LogP contribution < -0.4 is 10.1 Å². The molecule has 0 saturated carbocycles. The molecule has 1 heterocycles. The van der Waals surface area contributed by atoms with Crippen LogP contribution in [0, 0.1) is 0 Å². The average Bonchev–Trinajstić information content (AvgIpc) is 2.60. The van der Waals surface area contributed by atoms with Crippen molar-refractivity contribution in [3.63, 3.8) is 0 Å². The van der Waals surface area contributed by atoms with Gasteiger partial charge in [0.1, 0.15) is 5.75 Å². The Morgan fingerprint density at radius 1 is 0.957 bits per heavy atom. The molecule has 1 aliphatic carbocycles. The van der Waals surface area contributed by atoms with Gasteiger partial charge in [-0.05, 0) is 54.6 Å². The topological polar surface area (TPSA) is 34.5 Å². The van der Waals surface area contributed by atoms with Crippen molar-refractivity contribution in [2.45, 2.75) is 0 Å². The molecule has 0 atom stereocenters. The van der Waals surface area contributed by atoms with Gasteiger partial charge in [0.05, 0.1) is 38.9 Å². The molecule has 0 fully saturated rings. The Balaban J connectivity index is 1.82. The number of fused-ring (bicyclic) bond motifs is 2. The van der Waals surface area contributed by atoms with Crippen molar-refractivity contribution in [2.24, 2.45) is 4.99 Å². The molecule has 2 aromatic rings. The lowest BCUT2D eigenvalue weighted by Crippen LogP contribution is -2.01. The number of hydrogen-bond acceptors (Lipinski definition) is 4. The van der Waals surface area contributed by atoms with Crippen LogP contribution in [0.15, 0.2) is 71.7 Å². The first-order chi connectivity index (χ1) is 11.3. The van der Waals surface area contributed by atoms with E-state index in [2.05, 4.69) is 17.1 Å². The number of benzene rings is 3. The van der Waals surface area contributed by atoms with E-state index in [-0.39, 0.29) is 0 Å². The Kier molecular flexibility index (Phi) is 3.52. The SMILES string of the molecule is COc1ccc(N=c2ccc3nc4ccccc4sc-3c2)cc1. The highest BCUT2D eigenvalue weighted by molar-refractivity contribution is 7.21. The summed E-state index contributed by atoms with van der Waals surface area (Å²) >= 11 is 1.74. The zero-order chi connectivity index (χ0) is 15.6. The van der Waals surface area contributed by atoms with E-state index in [1.165, 1.54) is 4.70 Å². The first-order valence-electron chi connectivity index (χ1n) is 7.30. The molecule has 4 heteroatoms. The fourth-order valence-electron chi connectivity index (χ4n) is 2.44. The highest BCUT2D eigenvalue weighted by Gasteiger charge is 2.06. The number of aromatic nitrogens is 1. The molecule has 0 aromatic heterocycles. The smallest absolute Gasteiger partial charge is 0.119 e.